The number of nitrogens with zero attached hydrogens (tertiary/aromatic N) is 1. The van der Waals surface area contributed by atoms with Crippen LogP contribution in [-0.4, -0.2) is 23.3 Å². The van der Waals surface area contributed by atoms with Crippen LogP contribution in [0.3, 0.4) is 0 Å². The molecule has 1 N–H and O–H groups in total. The maximum absolute atomic E-state index is 12.0. The molecule has 114 valence electrons. The second-order valence-electron chi connectivity index (χ2n) is 5.38. The average Bonchev–Trinajstić information content (AvgIpc) is 3.18. The largest absolute Gasteiger partial charge is 0.467 e. The van der Waals surface area contributed by atoms with Crippen LogP contribution < -0.4 is 5.32 Å². The Morgan fingerprint density at radius 1 is 1.23 bits per heavy atom. The summed E-state index contributed by atoms with van der Waals surface area (Å²) in [4.78, 5) is 25.5. The molecule has 5 nitrogen and oxygen atoms in total. The minimum atomic E-state index is -0.139. The molecule has 0 aliphatic carbocycles. The van der Waals surface area contributed by atoms with Gasteiger partial charge in [-0.25, -0.2) is 0 Å². The molecule has 0 bridgehead atoms. The number of hydrogen-bond donors (Lipinski definition) is 1. The third-order valence-electron chi connectivity index (χ3n) is 3.76. The molecule has 1 aliphatic rings. The fourth-order valence-corrected chi connectivity index (χ4v) is 2.54. The van der Waals surface area contributed by atoms with Gasteiger partial charge in [-0.2, -0.15) is 0 Å². The van der Waals surface area contributed by atoms with Crippen molar-refractivity contribution in [1.29, 1.82) is 0 Å². The summed E-state index contributed by atoms with van der Waals surface area (Å²) in [6.07, 6.45) is 3.16. The molecule has 0 spiro atoms. The first-order chi connectivity index (χ1) is 10.7. The van der Waals surface area contributed by atoms with Gasteiger partial charge in [-0.1, -0.05) is 12.1 Å². The number of rotatable bonds is 5. The van der Waals surface area contributed by atoms with Crippen molar-refractivity contribution in [3.05, 3.63) is 59.5 Å². The molecule has 1 aliphatic heterocycles. The number of carbonyl (C=O) groups is 2. The van der Waals surface area contributed by atoms with E-state index in [9.17, 15) is 9.59 Å². The van der Waals surface area contributed by atoms with E-state index < -0.39 is 0 Å². The normalized spacial score (nSPS) is 14.4. The molecule has 0 atom stereocenters. The van der Waals surface area contributed by atoms with Crippen molar-refractivity contribution in [2.45, 2.75) is 25.9 Å². The zero-order valence-electron chi connectivity index (χ0n) is 12.2. The van der Waals surface area contributed by atoms with Gasteiger partial charge in [-0.3, -0.25) is 9.59 Å². The molecule has 1 saturated heterocycles. The zero-order valence-corrected chi connectivity index (χ0v) is 12.2. The van der Waals surface area contributed by atoms with Gasteiger partial charge in [0, 0.05) is 25.1 Å². The highest BCUT2D eigenvalue weighted by Gasteiger charge is 2.19. The van der Waals surface area contributed by atoms with Gasteiger partial charge in [0.2, 0.25) is 5.91 Å². The second-order valence-corrected chi connectivity index (χ2v) is 5.38. The summed E-state index contributed by atoms with van der Waals surface area (Å²) in [5.74, 6) is 0.790. The van der Waals surface area contributed by atoms with E-state index >= 15 is 0 Å². The van der Waals surface area contributed by atoms with Crippen LogP contribution in [0.4, 0.5) is 0 Å². The van der Waals surface area contributed by atoms with Crippen LogP contribution in [0.2, 0.25) is 0 Å². The number of benzene rings is 1. The monoisotopic (exact) mass is 298 g/mol. The van der Waals surface area contributed by atoms with Crippen LogP contribution >= 0.6 is 0 Å². The number of carbonyl (C=O) groups excluding carboxylic acids is 2. The molecular formula is C17H18N2O3. The van der Waals surface area contributed by atoms with E-state index in [0.29, 0.717) is 25.1 Å². The summed E-state index contributed by atoms with van der Waals surface area (Å²) in [7, 11) is 0. The highest BCUT2D eigenvalue weighted by molar-refractivity contribution is 5.94. The SMILES string of the molecule is O=C(NCc1ccco1)c1ccc(CN2CCCC2=O)cc1. The predicted molar refractivity (Wildman–Crippen MR) is 81.0 cm³/mol. The lowest BCUT2D eigenvalue weighted by Crippen LogP contribution is -2.24. The number of amides is 2. The fraction of sp³-hybridized carbons (Fsp3) is 0.294. The van der Waals surface area contributed by atoms with Crippen molar-refractivity contribution in [3.63, 3.8) is 0 Å². The van der Waals surface area contributed by atoms with Gasteiger partial charge in [0.1, 0.15) is 5.76 Å². The van der Waals surface area contributed by atoms with Crippen LogP contribution in [0, 0.1) is 0 Å². The summed E-state index contributed by atoms with van der Waals surface area (Å²) in [5, 5.41) is 2.80. The lowest BCUT2D eigenvalue weighted by molar-refractivity contribution is -0.128. The summed E-state index contributed by atoms with van der Waals surface area (Å²) in [6, 6.07) is 11.0. The Labute approximate surface area is 128 Å². The minimum Gasteiger partial charge on any atom is -0.467 e. The van der Waals surface area contributed by atoms with Crippen LogP contribution in [0.25, 0.3) is 0 Å². The van der Waals surface area contributed by atoms with Gasteiger partial charge in [0.25, 0.3) is 5.91 Å². The zero-order chi connectivity index (χ0) is 15.4. The highest BCUT2D eigenvalue weighted by atomic mass is 16.3. The van der Waals surface area contributed by atoms with E-state index in [4.69, 9.17) is 4.42 Å². The molecule has 1 fully saturated rings. The van der Waals surface area contributed by atoms with Crippen molar-refractivity contribution in [2.24, 2.45) is 0 Å². The van der Waals surface area contributed by atoms with Gasteiger partial charge in [-0.15, -0.1) is 0 Å². The number of furan rings is 1. The summed E-state index contributed by atoms with van der Waals surface area (Å²) < 4.78 is 5.17. The van der Waals surface area contributed by atoms with Crippen molar-refractivity contribution in [3.8, 4) is 0 Å². The van der Waals surface area contributed by atoms with Crippen LogP contribution in [0.1, 0.15) is 34.5 Å². The van der Waals surface area contributed by atoms with Gasteiger partial charge in [0.05, 0.1) is 12.8 Å². The lowest BCUT2D eigenvalue weighted by Gasteiger charge is -2.15. The first kappa shape index (κ1) is 14.4. The molecule has 2 heterocycles. The van der Waals surface area contributed by atoms with Gasteiger partial charge in [-0.05, 0) is 36.2 Å². The standard InChI is InChI=1S/C17H18N2O3/c20-16-4-1-9-19(16)12-13-5-7-14(8-6-13)17(21)18-11-15-3-2-10-22-15/h2-3,5-8,10H,1,4,9,11-12H2,(H,18,21). The first-order valence-corrected chi connectivity index (χ1v) is 7.40. The van der Waals surface area contributed by atoms with Crippen molar-refractivity contribution >= 4 is 11.8 Å². The molecular weight excluding hydrogens is 280 g/mol. The topological polar surface area (TPSA) is 62.6 Å². The highest BCUT2D eigenvalue weighted by Crippen LogP contribution is 2.14. The van der Waals surface area contributed by atoms with Crippen LogP contribution in [0.15, 0.2) is 47.1 Å². The molecule has 2 aromatic rings. The minimum absolute atomic E-state index is 0.139. The Morgan fingerprint density at radius 3 is 2.68 bits per heavy atom. The maximum Gasteiger partial charge on any atom is 0.251 e. The van der Waals surface area contributed by atoms with Crippen LogP contribution in [-0.2, 0) is 17.9 Å². The number of nitrogens with one attached hydrogen (secondary N) is 1. The molecule has 0 radical (unpaired) electrons. The Morgan fingerprint density at radius 2 is 2.05 bits per heavy atom. The van der Waals surface area contributed by atoms with Crippen molar-refractivity contribution < 1.29 is 14.0 Å². The van der Waals surface area contributed by atoms with Crippen LogP contribution in [0.5, 0.6) is 0 Å². The van der Waals surface area contributed by atoms with Gasteiger partial charge in [0.15, 0.2) is 0 Å². The van der Waals surface area contributed by atoms with E-state index in [1.54, 1.807) is 24.5 Å². The van der Waals surface area contributed by atoms with Crippen molar-refractivity contribution in [2.75, 3.05) is 6.54 Å². The summed E-state index contributed by atoms with van der Waals surface area (Å²) in [6.45, 7) is 1.81. The number of hydrogen-bond acceptors (Lipinski definition) is 3. The lowest BCUT2D eigenvalue weighted by atomic mass is 10.1. The molecule has 22 heavy (non-hydrogen) atoms. The molecule has 2 amide bonds. The molecule has 5 heteroatoms. The van der Waals surface area contributed by atoms with E-state index in [1.165, 1.54) is 0 Å². The third-order valence-corrected chi connectivity index (χ3v) is 3.76. The van der Waals surface area contributed by atoms with Crippen molar-refractivity contribution in [1.82, 2.24) is 10.2 Å². The quantitative estimate of drug-likeness (QED) is 0.921. The smallest absolute Gasteiger partial charge is 0.251 e. The molecule has 0 saturated carbocycles. The predicted octanol–water partition coefficient (Wildman–Crippen LogP) is 2.33. The first-order valence-electron chi connectivity index (χ1n) is 7.40. The summed E-state index contributed by atoms with van der Waals surface area (Å²) >= 11 is 0. The molecule has 1 aromatic heterocycles. The van der Waals surface area contributed by atoms with E-state index in [1.807, 2.05) is 23.1 Å². The Bertz CT molecular complexity index is 647. The summed E-state index contributed by atoms with van der Waals surface area (Å²) in [5.41, 5.74) is 1.64. The molecule has 3 rings (SSSR count). The fourth-order valence-electron chi connectivity index (χ4n) is 2.54. The average molecular weight is 298 g/mol. The van der Waals surface area contributed by atoms with E-state index in [-0.39, 0.29) is 11.8 Å². The second kappa shape index (κ2) is 6.47. The number of likely N-dealkylation sites (tertiary alicyclic amines) is 1. The van der Waals surface area contributed by atoms with E-state index in [0.717, 1.165) is 24.3 Å². The van der Waals surface area contributed by atoms with E-state index in [2.05, 4.69) is 5.32 Å². The Hall–Kier alpha value is -2.56. The van der Waals surface area contributed by atoms with Gasteiger partial charge < -0.3 is 14.6 Å². The molecule has 0 unspecified atom stereocenters. The Kier molecular flexibility index (Phi) is 4.23. The molecule has 1 aromatic carbocycles. The maximum atomic E-state index is 12.0. The third kappa shape index (κ3) is 3.36. The van der Waals surface area contributed by atoms with Gasteiger partial charge >= 0.3 is 0 Å². The Balaban J connectivity index is 1.56.